The molecule has 2 nitrogen and oxygen atoms in total. The Balaban J connectivity index is 1.80. The van der Waals surface area contributed by atoms with Crippen LogP contribution in [0, 0.1) is 0 Å². The van der Waals surface area contributed by atoms with Crippen LogP contribution in [-0.2, 0) is 6.42 Å². The SMILES string of the molecule is CN(CCc1cccs1)CC(=O)c1ccc(Br)s1. The average molecular weight is 344 g/mol. The van der Waals surface area contributed by atoms with E-state index in [-0.39, 0.29) is 5.78 Å². The fourth-order valence-corrected chi connectivity index (χ4v) is 3.64. The molecule has 0 amide bonds. The first kappa shape index (κ1) is 13.9. The molecule has 0 saturated carbocycles. The highest BCUT2D eigenvalue weighted by Crippen LogP contribution is 2.22. The lowest BCUT2D eigenvalue weighted by atomic mass is 10.3. The van der Waals surface area contributed by atoms with Crippen molar-refractivity contribution in [3.8, 4) is 0 Å². The molecule has 2 aromatic rings. The Labute approximate surface area is 123 Å². The molecule has 2 heterocycles. The number of rotatable bonds is 6. The summed E-state index contributed by atoms with van der Waals surface area (Å²) in [6.45, 7) is 1.40. The lowest BCUT2D eigenvalue weighted by Crippen LogP contribution is -2.27. The molecule has 2 rings (SSSR count). The maximum Gasteiger partial charge on any atom is 0.186 e. The number of carbonyl (C=O) groups excluding carboxylic acids is 1. The number of nitrogens with zero attached hydrogens (tertiary/aromatic N) is 1. The molecular weight excluding hydrogens is 330 g/mol. The Bertz CT molecular complexity index is 507. The van der Waals surface area contributed by atoms with Crippen molar-refractivity contribution >= 4 is 44.4 Å². The van der Waals surface area contributed by atoms with Gasteiger partial charge in [0, 0.05) is 11.4 Å². The van der Waals surface area contributed by atoms with Crippen LogP contribution in [0.3, 0.4) is 0 Å². The second kappa shape index (κ2) is 6.61. The third kappa shape index (κ3) is 4.02. The summed E-state index contributed by atoms with van der Waals surface area (Å²) in [4.78, 5) is 16.3. The van der Waals surface area contributed by atoms with Gasteiger partial charge in [-0.2, -0.15) is 0 Å². The zero-order valence-electron chi connectivity index (χ0n) is 10.1. The zero-order valence-corrected chi connectivity index (χ0v) is 13.3. The van der Waals surface area contributed by atoms with Gasteiger partial charge in [-0.25, -0.2) is 0 Å². The Morgan fingerprint density at radius 3 is 2.83 bits per heavy atom. The fourth-order valence-electron chi connectivity index (χ4n) is 1.62. The summed E-state index contributed by atoms with van der Waals surface area (Å²) in [5.41, 5.74) is 0. The van der Waals surface area contributed by atoms with Gasteiger partial charge in [0.15, 0.2) is 5.78 Å². The molecular formula is C13H14BrNOS2. The second-order valence-corrected chi connectivity index (χ2v) is 7.59. The molecule has 0 saturated heterocycles. The summed E-state index contributed by atoms with van der Waals surface area (Å²) in [5.74, 6) is 0.194. The van der Waals surface area contributed by atoms with Crippen LogP contribution in [0.4, 0.5) is 0 Å². The Hall–Kier alpha value is -0.490. The molecule has 0 radical (unpaired) electrons. The molecule has 0 spiro atoms. The van der Waals surface area contributed by atoms with Crippen LogP contribution in [0.2, 0.25) is 0 Å². The Kier molecular flexibility index (Phi) is 5.12. The third-order valence-corrected chi connectivity index (χ3v) is 5.18. The van der Waals surface area contributed by atoms with Gasteiger partial charge in [-0.1, -0.05) is 6.07 Å². The van der Waals surface area contributed by atoms with E-state index in [1.165, 1.54) is 16.2 Å². The van der Waals surface area contributed by atoms with E-state index in [1.807, 2.05) is 19.2 Å². The van der Waals surface area contributed by atoms with Crippen molar-refractivity contribution in [2.45, 2.75) is 6.42 Å². The molecule has 0 unspecified atom stereocenters. The van der Waals surface area contributed by atoms with Gasteiger partial charge in [0.1, 0.15) is 0 Å². The number of hydrogen-bond acceptors (Lipinski definition) is 4. The van der Waals surface area contributed by atoms with E-state index in [2.05, 4.69) is 38.3 Å². The normalized spacial score (nSPS) is 11.1. The molecule has 0 atom stereocenters. The van der Waals surface area contributed by atoms with E-state index < -0.39 is 0 Å². The summed E-state index contributed by atoms with van der Waals surface area (Å²) in [7, 11) is 1.99. The number of thiophene rings is 2. The van der Waals surface area contributed by atoms with Crippen molar-refractivity contribution in [2.75, 3.05) is 20.1 Å². The highest BCUT2D eigenvalue weighted by molar-refractivity contribution is 9.11. The van der Waals surface area contributed by atoms with Gasteiger partial charge in [0.05, 0.1) is 15.2 Å². The summed E-state index contributed by atoms with van der Waals surface area (Å²) in [6.07, 6.45) is 1.01. The van der Waals surface area contributed by atoms with Crippen LogP contribution in [0.15, 0.2) is 33.4 Å². The van der Waals surface area contributed by atoms with Crippen molar-refractivity contribution in [1.82, 2.24) is 4.90 Å². The largest absolute Gasteiger partial charge is 0.299 e. The van der Waals surface area contributed by atoms with E-state index in [4.69, 9.17) is 0 Å². The average Bonchev–Trinajstić information content (AvgIpc) is 2.97. The topological polar surface area (TPSA) is 20.3 Å². The minimum Gasteiger partial charge on any atom is -0.299 e. The van der Waals surface area contributed by atoms with Gasteiger partial charge >= 0.3 is 0 Å². The van der Waals surface area contributed by atoms with Crippen molar-refractivity contribution in [3.63, 3.8) is 0 Å². The van der Waals surface area contributed by atoms with E-state index in [1.54, 1.807) is 11.3 Å². The van der Waals surface area contributed by atoms with Crippen molar-refractivity contribution in [1.29, 1.82) is 0 Å². The lowest BCUT2D eigenvalue weighted by Gasteiger charge is -2.14. The van der Waals surface area contributed by atoms with E-state index in [9.17, 15) is 4.79 Å². The number of hydrogen-bond donors (Lipinski definition) is 0. The monoisotopic (exact) mass is 343 g/mol. The zero-order chi connectivity index (χ0) is 13.0. The minimum absolute atomic E-state index is 0.194. The first-order valence-corrected chi connectivity index (χ1v) is 8.13. The quantitative estimate of drug-likeness (QED) is 0.740. The van der Waals surface area contributed by atoms with Gasteiger partial charge in [-0.3, -0.25) is 9.69 Å². The molecule has 0 aliphatic rings. The lowest BCUT2D eigenvalue weighted by molar-refractivity contribution is 0.0951. The molecule has 0 aliphatic carbocycles. The van der Waals surface area contributed by atoms with Gasteiger partial charge in [0.2, 0.25) is 0 Å². The molecule has 0 fully saturated rings. The fraction of sp³-hybridized carbons (Fsp3) is 0.308. The molecule has 2 aromatic heterocycles. The Morgan fingerprint density at radius 1 is 1.39 bits per heavy atom. The summed E-state index contributed by atoms with van der Waals surface area (Å²) >= 11 is 6.64. The molecule has 0 aromatic carbocycles. The summed E-state index contributed by atoms with van der Waals surface area (Å²) < 4.78 is 1.01. The highest BCUT2D eigenvalue weighted by atomic mass is 79.9. The first-order valence-electron chi connectivity index (χ1n) is 5.64. The van der Waals surface area contributed by atoms with Crippen LogP contribution >= 0.6 is 38.6 Å². The number of halogens is 1. The molecule has 0 aliphatic heterocycles. The second-order valence-electron chi connectivity index (χ2n) is 4.09. The standard InChI is InChI=1S/C13H14BrNOS2/c1-15(7-6-10-3-2-8-17-10)9-11(16)12-4-5-13(14)18-12/h2-5,8H,6-7,9H2,1H3. The number of ketones is 1. The van der Waals surface area contributed by atoms with Gasteiger partial charge < -0.3 is 0 Å². The molecule has 0 bridgehead atoms. The Morgan fingerprint density at radius 2 is 2.22 bits per heavy atom. The predicted molar refractivity (Wildman–Crippen MR) is 81.9 cm³/mol. The van der Waals surface area contributed by atoms with Crippen LogP contribution < -0.4 is 0 Å². The van der Waals surface area contributed by atoms with Crippen LogP contribution in [0.25, 0.3) is 0 Å². The molecule has 18 heavy (non-hydrogen) atoms. The van der Waals surface area contributed by atoms with Crippen molar-refractivity contribution in [3.05, 3.63) is 43.2 Å². The van der Waals surface area contributed by atoms with Gasteiger partial charge in [-0.05, 0) is 53.0 Å². The minimum atomic E-state index is 0.194. The van der Waals surface area contributed by atoms with Crippen molar-refractivity contribution in [2.24, 2.45) is 0 Å². The number of carbonyl (C=O) groups is 1. The van der Waals surface area contributed by atoms with Crippen LogP contribution in [-0.4, -0.2) is 30.8 Å². The van der Waals surface area contributed by atoms with E-state index >= 15 is 0 Å². The maximum atomic E-state index is 12.0. The van der Waals surface area contributed by atoms with Gasteiger partial charge in [0.25, 0.3) is 0 Å². The smallest absolute Gasteiger partial charge is 0.186 e. The predicted octanol–water partition coefficient (Wildman–Crippen LogP) is 3.93. The van der Waals surface area contributed by atoms with Crippen LogP contribution in [0.5, 0.6) is 0 Å². The van der Waals surface area contributed by atoms with E-state index in [0.717, 1.165) is 21.6 Å². The number of likely N-dealkylation sites (N-methyl/N-ethyl adjacent to an activating group) is 1. The van der Waals surface area contributed by atoms with E-state index in [0.29, 0.717) is 6.54 Å². The molecule has 96 valence electrons. The number of Topliss-reactive ketones (excluding diaryl/α,β-unsaturated/α-hetero) is 1. The maximum absolute atomic E-state index is 12.0. The molecule has 5 heteroatoms. The van der Waals surface area contributed by atoms with Crippen LogP contribution in [0.1, 0.15) is 14.5 Å². The summed E-state index contributed by atoms with van der Waals surface area (Å²) in [6, 6.07) is 8.00. The third-order valence-electron chi connectivity index (χ3n) is 2.58. The summed E-state index contributed by atoms with van der Waals surface area (Å²) in [5, 5.41) is 2.09. The van der Waals surface area contributed by atoms with Crippen molar-refractivity contribution < 1.29 is 4.79 Å². The molecule has 0 N–H and O–H groups in total. The first-order chi connectivity index (χ1) is 8.65. The highest BCUT2D eigenvalue weighted by Gasteiger charge is 2.11. The van der Waals surface area contributed by atoms with Gasteiger partial charge in [-0.15, -0.1) is 22.7 Å².